The number of aromatic nitrogens is 1. The molecule has 1 heterocycles. The van der Waals surface area contributed by atoms with Crippen molar-refractivity contribution in [2.75, 3.05) is 6.54 Å². The number of pyridine rings is 1. The largest absolute Gasteiger partial charge is 0.417 e. The quantitative estimate of drug-likeness (QED) is 0.914. The van der Waals surface area contributed by atoms with E-state index in [9.17, 15) is 13.2 Å². The molecule has 1 aromatic heterocycles. The van der Waals surface area contributed by atoms with Crippen molar-refractivity contribution in [3.05, 3.63) is 53.3 Å². The average Bonchev–Trinajstić information content (AvgIpc) is 2.45. The summed E-state index contributed by atoms with van der Waals surface area (Å²) in [5.74, 6) is 0. The molecule has 0 unspecified atom stereocenters. The van der Waals surface area contributed by atoms with Crippen LogP contribution in [0.1, 0.15) is 23.6 Å². The fourth-order valence-corrected chi connectivity index (χ4v) is 2.21. The third kappa shape index (κ3) is 3.61. The monoisotopic (exact) mass is 294 g/mol. The molecule has 2 rings (SSSR count). The third-order valence-corrected chi connectivity index (χ3v) is 3.25. The number of alkyl halides is 3. The number of aryl methyl sites for hydroxylation is 1. The lowest BCUT2D eigenvalue weighted by Crippen LogP contribution is -2.14. The van der Waals surface area contributed by atoms with E-state index < -0.39 is 11.7 Å². The predicted octanol–water partition coefficient (Wildman–Crippen LogP) is 4.19. The highest BCUT2D eigenvalue weighted by Gasteiger charge is 2.34. The molecule has 112 valence electrons. The highest BCUT2D eigenvalue weighted by atomic mass is 19.4. The van der Waals surface area contributed by atoms with E-state index in [-0.39, 0.29) is 5.56 Å². The topological polar surface area (TPSA) is 24.9 Å². The first-order valence-electron chi connectivity index (χ1n) is 6.75. The molecule has 0 saturated heterocycles. The van der Waals surface area contributed by atoms with Crippen LogP contribution in [0.2, 0.25) is 0 Å². The molecule has 0 bridgehead atoms. The summed E-state index contributed by atoms with van der Waals surface area (Å²) >= 11 is 0. The van der Waals surface area contributed by atoms with Crippen LogP contribution in [0, 0.1) is 6.92 Å². The Morgan fingerprint density at radius 3 is 2.57 bits per heavy atom. The zero-order valence-electron chi connectivity index (χ0n) is 12.0. The van der Waals surface area contributed by atoms with E-state index in [1.54, 1.807) is 6.07 Å². The van der Waals surface area contributed by atoms with Gasteiger partial charge in [0.1, 0.15) is 0 Å². The first-order valence-corrected chi connectivity index (χ1v) is 6.75. The molecule has 2 aromatic rings. The molecule has 0 aliphatic heterocycles. The van der Waals surface area contributed by atoms with Crippen molar-refractivity contribution in [2.24, 2.45) is 0 Å². The number of hydrogen-bond donors (Lipinski definition) is 1. The molecule has 0 spiro atoms. The van der Waals surface area contributed by atoms with Crippen molar-refractivity contribution in [3.63, 3.8) is 0 Å². The van der Waals surface area contributed by atoms with Crippen LogP contribution in [0.15, 0.2) is 36.7 Å². The van der Waals surface area contributed by atoms with Crippen LogP contribution in [-0.2, 0) is 12.7 Å². The van der Waals surface area contributed by atoms with Gasteiger partial charge in [0.2, 0.25) is 0 Å². The first-order chi connectivity index (χ1) is 9.93. The van der Waals surface area contributed by atoms with E-state index in [4.69, 9.17) is 0 Å². The lowest BCUT2D eigenvalue weighted by Gasteiger charge is -2.16. The molecule has 1 N–H and O–H groups in total. The Labute approximate surface area is 122 Å². The van der Waals surface area contributed by atoms with Crippen molar-refractivity contribution < 1.29 is 13.2 Å². The molecule has 21 heavy (non-hydrogen) atoms. The Kier molecular flexibility index (Phi) is 4.63. The molecule has 0 radical (unpaired) electrons. The summed E-state index contributed by atoms with van der Waals surface area (Å²) in [5.41, 5.74) is 1.81. The van der Waals surface area contributed by atoms with Crippen molar-refractivity contribution in [1.29, 1.82) is 0 Å². The van der Waals surface area contributed by atoms with Crippen LogP contribution in [0.4, 0.5) is 13.2 Å². The van der Waals surface area contributed by atoms with Gasteiger partial charge in [-0.1, -0.05) is 30.7 Å². The van der Waals surface area contributed by atoms with Gasteiger partial charge in [0.05, 0.1) is 5.56 Å². The molecule has 2 nitrogen and oxygen atoms in total. The zero-order chi connectivity index (χ0) is 15.5. The van der Waals surface area contributed by atoms with Crippen LogP contribution < -0.4 is 5.32 Å². The van der Waals surface area contributed by atoms with Crippen molar-refractivity contribution in [2.45, 2.75) is 26.6 Å². The number of hydrogen-bond acceptors (Lipinski definition) is 2. The Balaban J connectivity index is 2.58. The summed E-state index contributed by atoms with van der Waals surface area (Å²) in [5, 5.41) is 3.15. The molecule has 0 amide bonds. The molecular weight excluding hydrogens is 277 g/mol. The van der Waals surface area contributed by atoms with E-state index in [1.807, 2.05) is 26.0 Å². The van der Waals surface area contributed by atoms with Crippen molar-refractivity contribution in [1.82, 2.24) is 10.3 Å². The van der Waals surface area contributed by atoms with E-state index in [0.29, 0.717) is 12.1 Å². The van der Waals surface area contributed by atoms with Gasteiger partial charge in [-0.2, -0.15) is 13.2 Å². The molecule has 0 aliphatic carbocycles. The van der Waals surface area contributed by atoms with E-state index in [0.717, 1.165) is 23.7 Å². The number of halogens is 3. The Morgan fingerprint density at radius 1 is 1.14 bits per heavy atom. The zero-order valence-corrected chi connectivity index (χ0v) is 12.0. The van der Waals surface area contributed by atoms with Crippen LogP contribution >= 0.6 is 0 Å². The van der Waals surface area contributed by atoms with Gasteiger partial charge in [-0.15, -0.1) is 0 Å². The summed E-state index contributed by atoms with van der Waals surface area (Å²) in [6.07, 6.45) is -1.93. The molecule has 0 aliphatic rings. The predicted molar refractivity (Wildman–Crippen MR) is 76.8 cm³/mol. The minimum absolute atomic E-state index is 0.126. The lowest BCUT2D eigenvalue weighted by molar-refractivity contribution is -0.137. The second-order valence-corrected chi connectivity index (χ2v) is 4.86. The van der Waals surface area contributed by atoms with Crippen molar-refractivity contribution in [3.8, 4) is 11.1 Å². The van der Waals surface area contributed by atoms with Gasteiger partial charge in [-0.05, 0) is 30.7 Å². The fraction of sp³-hybridized carbons (Fsp3) is 0.312. The van der Waals surface area contributed by atoms with Crippen LogP contribution in [0.5, 0.6) is 0 Å². The van der Waals surface area contributed by atoms with Crippen LogP contribution in [-0.4, -0.2) is 11.5 Å². The maximum atomic E-state index is 13.2. The number of benzene rings is 1. The minimum Gasteiger partial charge on any atom is -0.313 e. The number of rotatable bonds is 4. The minimum atomic E-state index is -4.39. The summed E-state index contributed by atoms with van der Waals surface area (Å²) in [6.45, 7) is 5.11. The van der Waals surface area contributed by atoms with E-state index in [2.05, 4.69) is 10.3 Å². The van der Waals surface area contributed by atoms with Gasteiger partial charge in [0, 0.05) is 24.5 Å². The molecule has 5 heteroatoms. The molecular formula is C16H17F3N2. The molecule has 0 saturated carbocycles. The average molecular weight is 294 g/mol. The Morgan fingerprint density at radius 2 is 1.90 bits per heavy atom. The summed E-state index contributed by atoms with van der Waals surface area (Å²) in [7, 11) is 0. The molecule has 1 aromatic carbocycles. The SMILES string of the molecule is CCNCc1ccc(C)cc1-c1cnccc1C(F)(F)F. The summed E-state index contributed by atoms with van der Waals surface area (Å²) < 4.78 is 39.5. The van der Waals surface area contributed by atoms with E-state index in [1.165, 1.54) is 12.4 Å². The van der Waals surface area contributed by atoms with Gasteiger partial charge in [-0.25, -0.2) is 0 Å². The molecule has 0 atom stereocenters. The van der Waals surface area contributed by atoms with Gasteiger partial charge >= 0.3 is 6.18 Å². The summed E-state index contributed by atoms with van der Waals surface area (Å²) in [4.78, 5) is 3.87. The van der Waals surface area contributed by atoms with Gasteiger partial charge in [0.25, 0.3) is 0 Å². The smallest absolute Gasteiger partial charge is 0.313 e. The second kappa shape index (κ2) is 6.26. The normalized spacial score (nSPS) is 11.7. The van der Waals surface area contributed by atoms with Crippen LogP contribution in [0.25, 0.3) is 11.1 Å². The fourth-order valence-electron chi connectivity index (χ4n) is 2.21. The highest BCUT2D eigenvalue weighted by Crippen LogP contribution is 2.37. The van der Waals surface area contributed by atoms with E-state index >= 15 is 0 Å². The standard InChI is InChI=1S/C16H17F3N2/c1-3-20-9-12-5-4-11(2)8-13(12)14-10-21-7-6-15(14)16(17,18)19/h4-8,10,20H,3,9H2,1-2H3. The molecule has 0 fully saturated rings. The van der Waals surface area contributed by atoms with Gasteiger partial charge < -0.3 is 5.32 Å². The van der Waals surface area contributed by atoms with Crippen molar-refractivity contribution >= 4 is 0 Å². The maximum absolute atomic E-state index is 13.2. The van der Waals surface area contributed by atoms with Crippen LogP contribution in [0.3, 0.4) is 0 Å². The van der Waals surface area contributed by atoms with Gasteiger partial charge in [0.15, 0.2) is 0 Å². The lowest BCUT2D eigenvalue weighted by atomic mass is 9.95. The Hall–Kier alpha value is -1.88. The number of nitrogens with zero attached hydrogens (tertiary/aromatic N) is 1. The summed E-state index contributed by atoms with van der Waals surface area (Å²) in [6, 6.07) is 6.56. The second-order valence-electron chi connectivity index (χ2n) is 4.86. The number of nitrogens with one attached hydrogen (secondary N) is 1. The Bertz CT molecular complexity index is 621. The first kappa shape index (κ1) is 15.5. The van der Waals surface area contributed by atoms with Gasteiger partial charge in [-0.3, -0.25) is 4.98 Å². The maximum Gasteiger partial charge on any atom is 0.417 e. The third-order valence-electron chi connectivity index (χ3n) is 3.25. The highest BCUT2D eigenvalue weighted by molar-refractivity contribution is 5.71.